The minimum atomic E-state index is -0.394. The van der Waals surface area contributed by atoms with E-state index in [1.807, 2.05) is 13.8 Å². The van der Waals surface area contributed by atoms with E-state index in [0.29, 0.717) is 17.0 Å². The van der Waals surface area contributed by atoms with Crippen molar-refractivity contribution in [1.82, 2.24) is 0 Å². The number of carbonyl (C=O) groups is 1. The highest BCUT2D eigenvalue weighted by Crippen LogP contribution is 2.21. The molecule has 0 bridgehead atoms. The average Bonchev–Trinajstić information content (AvgIpc) is 2.38. The van der Waals surface area contributed by atoms with Gasteiger partial charge in [-0.25, -0.2) is 4.39 Å². The summed E-state index contributed by atoms with van der Waals surface area (Å²) in [4.78, 5) is 12.2. The number of carbonyl (C=O) groups excluding carboxylic acids is 1. The van der Waals surface area contributed by atoms with E-state index in [2.05, 4.69) is 5.32 Å². The molecule has 0 fully saturated rings. The average molecular weight is 273 g/mol. The normalized spacial score (nSPS) is 10.4. The molecule has 0 heterocycles. The summed E-state index contributed by atoms with van der Waals surface area (Å²) in [7, 11) is 0. The van der Waals surface area contributed by atoms with Crippen molar-refractivity contribution >= 4 is 11.6 Å². The lowest BCUT2D eigenvalue weighted by molar-refractivity contribution is 0.102. The zero-order valence-electron chi connectivity index (χ0n) is 11.4. The summed E-state index contributed by atoms with van der Waals surface area (Å²) in [5, 5.41) is 2.65. The molecule has 0 aliphatic carbocycles. The van der Waals surface area contributed by atoms with Crippen LogP contribution in [0.5, 0.6) is 5.75 Å². The largest absolute Gasteiger partial charge is 0.490 e. The summed E-state index contributed by atoms with van der Waals surface area (Å²) in [5.41, 5.74) is 0.833. The Kier molecular flexibility index (Phi) is 4.35. The number of para-hydroxylation sites is 1. The number of rotatable bonds is 4. The third-order valence-electron chi connectivity index (χ3n) is 2.58. The number of hydrogen-bond donors (Lipinski definition) is 1. The predicted molar refractivity (Wildman–Crippen MR) is 76.6 cm³/mol. The second-order valence-corrected chi connectivity index (χ2v) is 4.63. The lowest BCUT2D eigenvalue weighted by Crippen LogP contribution is -2.15. The highest BCUT2D eigenvalue weighted by molar-refractivity contribution is 6.06. The Morgan fingerprint density at radius 2 is 1.90 bits per heavy atom. The monoisotopic (exact) mass is 273 g/mol. The van der Waals surface area contributed by atoms with Crippen LogP contribution in [-0.2, 0) is 0 Å². The molecule has 0 saturated carbocycles. The summed E-state index contributed by atoms with van der Waals surface area (Å²) in [6.45, 7) is 3.78. The maximum atomic E-state index is 13.1. The van der Waals surface area contributed by atoms with Crippen molar-refractivity contribution in [2.45, 2.75) is 20.0 Å². The first-order chi connectivity index (χ1) is 9.56. The van der Waals surface area contributed by atoms with Gasteiger partial charge in [-0.3, -0.25) is 4.79 Å². The van der Waals surface area contributed by atoms with Gasteiger partial charge in [-0.05, 0) is 44.2 Å². The van der Waals surface area contributed by atoms with E-state index in [1.165, 1.54) is 12.1 Å². The molecule has 0 aromatic heterocycles. The van der Waals surface area contributed by atoms with Gasteiger partial charge < -0.3 is 10.1 Å². The van der Waals surface area contributed by atoms with Crippen LogP contribution in [0.1, 0.15) is 24.2 Å². The van der Waals surface area contributed by atoms with Crippen LogP contribution in [0, 0.1) is 5.82 Å². The maximum Gasteiger partial charge on any atom is 0.259 e. The molecule has 1 N–H and O–H groups in total. The Balaban J connectivity index is 2.21. The smallest absolute Gasteiger partial charge is 0.259 e. The Bertz CT molecular complexity index is 611. The number of hydrogen-bond acceptors (Lipinski definition) is 2. The van der Waals surface area contributed by atoms with E-state index in [9.17, 15) is 9.18 Å². The molecule has 0 aliphatic heterocycles. The lowest BCUT2D eigenvalue weighted by Gasteiger charge is -2.14. The number of nitrogens with one attached hydrogen (secondary N) is 1. The first-order valence-corrected chi connectivity index (χ1v) is 6.39. The summed E-state index contributed by atoms with van der Waals surface area (Å²) >= 11 is 0. The molecule has 2 aromatic rings. The highest BCUT2D eigenvalue weighted by atomic mass is 19.1. The van der Waals surface area contributed by atoms with Crippen LogP contribution in [0.4, 0.5) is 10.1 Å². The highest BCUT2D eigenvalue weighted by Gasteiger charge is 2.13. The van der Waals surface area contributed by atoms with Crippen LogP contribution < -0.4 is 10.1 Å². The molecule has 4 heteroatoms. The van der Waals surface area contributed by atoms with Crippen molar-refractivity contribution in [3.8, 4) is 5.75 Å². The molecule has 0 saturated heterocycles. The third-order valence-corrected chi connectivity index (χ3v) is 2.58. The third kappa shape index (κ3) is 3.57. The first kappa shape index (κ1) is 14.1. The number of halogens is 1. The molecule has 0 spiro atoms. The van der Waals surface area contributed by atoms with Gasteiger partial charge in [0.25, 0.3) is 5.91 Å². The number of benzene rings is 2. The molecular weight excluding hydrogens is 257 g/mol. The Morgan fingerprint density at radius 3 is 2.60 bits per heavy atom. The molecule has 1 amide bonds. The van der Waals surface area contributed by atoms with E-state index < -0.39 is 5.82 Å². The molecule has 0 aliphatic rings. The summed E-state index contributed by atoms with van der Waals surface area (Å²) < 4.78 is 18.7. The standard InChI is InChI=1S/C16H16FNO2/c1-11(2)20-15-9-4-3-8-14(15)16(19)18-13-7-5-6-12(17)10-13/h3-11H,1-2H3,(H,18,19). The van der Waals surface area contributed by atoms with E-state index in [4.69, 9.17) is 4.74 Å². The SMILES string of the molecule is CC(C)Oc1ccccc1C(=O)Nc1cccc(F)c1. The number of ether oxygens (including phenoxy) is 1. The van der Waals surface area contributed by atoms with E-state index in [1.54, 1.807) is 36.4 Å². The second-order valence-electron chi connectivity index (χ2n) is 4.63. The summed E-state index contributed by atoms with van der Waals surface area (Å²) in [5.74, 6) is -0.210. The van der Waals surface area contributed by atoms with Gasteiger partial charge in [0.2, 0.25) is 0 Å². The van der Waals surface area contributed by atoms with Gasteiger partial charge in [0.1, 0.15) is 11.6 Å². The Hall–Kier alpha value is -2.36. The fourth-order valence-corrected chi connectivity index (χ4v) is 1.78. The van der Waals surface area contributed by atoms with E-state index in [0.717, 1.165) is 0 Å². The van der Waals surface area contributed by atoms with Crippen LogP contribution in [0.3, 0.4) is 0 Å². The molecule has 0 atom stereocenters. The minimum Gasteiger partial charge on any atom is -0.490 e. The molecule has 2 aromatic carbocycles. The Morgan fingerprint density at radius 1 is 1.15 bits per heavy atom. The maximum absolute atomic E-state index is 13.1. The fraction of sp³-hybridized carbons (Fsp3) is 0.188. The van der Waals surface area contributed by atoms with Gasteiger partial charge in [0.15, 0.2) is 0 Å². The molecule has 3 nitrogen and oxygen atoms in total. The molecule has 0 unspecified atom stereocenters. The van der Waals surface area contributed by atoms with Crippen molar-refractivity contribution in [1.29, 1.82) is 0 Å². The molecular formula is C16H16FNO2. The lowest BCUT2D eigenvalue weighted by atomic mass is 10.1. The van der Waals surface area contributed by atoms with Crippen LogP contribution >= 0.6 is 0 Å². The van der Waals surface area contributed by atoms with Crippen LogP contribution in [0.25, 0.3) is 0 Å². The van der Waals surface area contributed by atoms with E-state index >= 15 is 0 Å². The number of anilines is 1. The van der Waals surface area contributed by atoms with Crippen molar-refractivity contribution in [3.63, 3.8) is 0 Å². The van der Waals surface area contributed by atoms with Gasteiger partial charge in [0, 0.05) is 5.69 Å². The van der Waals surface area contributed by atoms with Crippen LogP contribution in [0.2, 0.25) is 0 Å². The topological polar surface area (TPSA) is 38.3 Å². The fourth-order valence-electron chi connectivity index (χ4n) is 1.78. The molecule has 0 radical (unpaired) electrons. The van der Waals surface area contributed by atoms with E-state index in [-0.39, 0.29) is 12.0 Å². The van der Waals surface area contributed by atoms with Gasteiger partial charge in [-0.15, -0.1) is 0 Å². The summed E-state index contributed by atoms with van der Waals surface area (Å²) in [6.07, 6.45) is -0.0295. The van der Waals surface area contributed by atoms with Gasteiger partial charge >= 0.3 is 0 Å². The van der Waals surface area contributed by atoms with Gasteiger partial charge in [-0.1, -0.05) is 18.2 Å². The van der Waals surface area contributed by atoms with Crippen molar-refractivity contribution < 1.29 is 13.9 Å². The first-order valence-electron chi connectivity index (χ1n) is 6.39. The van der Waals surface area contributed by atoms with Crippen LogP contribution in [-0.4, -0.2) is 12.0 Å². The van der Waals surface area contributed by atoms with Gasteiger partial charge in [0.05, 0.1) is 11.7 Å². The zero-order chi connectivity index (χ0) is 14.5. The second kappa shape index (κ2) is 6.19. The van der Waals surface area contributed by atoms with Crippen molar-refractivity contribution in [2.75, 3.05) is 5.32 Å². The van der Waals surface area contributed by atoms with Crippen molar-refractivity contribution in [2.24, 2.45) is 0 Å². The zero-order valence-corrected chi connectivity index (χ0v) is 11.4. The molecule has 104 valence electrons. The van der Waals surface area contributed by atoms with Crippen LogP contribution in [0.15, 0.2) is 48.5 Å². The molecule has 20 heavy (non-hydrogen) atoms. The summed E-state index contributed by atoms with van der Waals surface area (Å²) in [6, 6.07) is 12.7. The minimum absolute atomic E-state index is 0.0295. The van der Waals surface area contributed by atoms with Gasteiger partial charge in [-0.2, -0.15) is 0 Å². The predicted octanol–water partition coefficient (Wildman–Crippen LogP) is 3.87. The Labute approximate surface area is 117 Å². The quantitative estimate of drug-likeness (QED) is 0.918. The molecule has 2 rings (SSSR count). The number of amides is 1. The van der Waals surface area contributed by atoms with Crippen molar-refractivity contribution in [3.05, 3.63) is 59.9 Å².